The maximum absolute atomic E-state index is 12.8. The molecule has 9 heteroatoms. The van der Waals surface area contributed by atoms with Crippen LogP contribution in [-0.4, -0.2) is 43.6 Å². The van der Waals surface area contributed by atoms with Crippen LogP contribution in [0, 0.1) is 19.3 Å². The van der Waals surface area contributed by atoms with E-state index < -0.39 is 5.91 Å². The van der Waals surface area contributed by atoms with E-state index in [4.69, 9.17) is 10.1 Å². The number of amides is 1. The summed E-state index contributed by atoms with van der Waals surface area (Å²) in [6.07, 6.45) is 5.10. The third-order valence-corrected chi connectivity index (χ3v) is 6.42. The molecule has 3 aromatic rings. The highest BCUT2D eigenvalue weighted by atomic mass is 32.2. The fraction of sp³-hybridized carbons (Fsp3) is 0.125. The Morgan fingerprint density at radius 3 is 2.64 bits per heavy atom. The van der Waals surface area contributed by atoms with Crippen molar-refractivity contribution < 1.29 is 9.53 Å². The molecule has 0 bridgehead atoms. The molecule has 33 heavy (non-hydrogen) atoms. The summed E-state index contributed by atoms with van der Waals surface area (Å²) < 4.78 is 7.35. The fourth-order valence-electron chi connectivity index (χ4n) is 3.82. The van der Waals surface area contributed by atoms with Gasteiger partial charge in [0.2, 0.25) is 5.17 Å². The molecule has 5 rings (SSSR count). The van der Waals surface area contributed by atoms with E-state index in [9.17, 15) is 4.79 Å². The molecule has 0 saturated carbocycles. The Balaban J connectivity index is 1.50. The van der Waals surface area contributed by atoms with E-state index in [1.165, 1.54) is 16.8 Å². The van der Waals surface area contributed by atoms with Gasteiger partial charge in [0.1, 0.15) is 10.8 Å². The molecule has 1 N–H and O–H groups in total. The summed E-state index contributed by atoms with van der Waals surface area (Å²) in [6, 6.07) is 13.5. The molecule has 8 nitrogen and oxygen atoms in total. The third kappa shape index (κ3) is 3.66. The highest BCUT2D eigenvalue weighted by Gasteiger charge is 2.36. The van der Waals surface area contributed by atoms with Crippen molar-refractivity contribution in [1.29, 1.82) is 5.41 Å². The van der Waals surface area contributed by atoms with Crippen LogP contribution in [0.5, 0.6) is 5.75 Å². The minimum atomic E-state index is -0.448. The SMILES string of the molecule is COc1ccc(-n2c(C)cc(C=C3C(=N)N4N=C(c5cccnc5)SC4=NC3=O)c2C)cc1. The van der Waals surface area contributed by atoms with Crippen LogP contribution >= 0.6 is 11.8 Å². The lowest BCUT2D eigenvalue weighted by Gasteiger charge is -2.20. The van der Waals surface area contributed by atoms with E-state index in [2.05, 4.69) is 19.6 Å². The molecule has 0 spiro atoms. The minimum Gasteiger partial charge on any atom is -0.497 e. The Bertz CT molecular complexity index is 1370. The van der Waals surface area contributed by atoms with Gasteiger partial charge in [0.15, 0.2) is 5.84 Å². The molecule has 0 aliphatic carbocycles. The van der Waals surface area contributed by atoms with Crippen LogP contribution in [0.25, 0.3) is 11.8 Å². The number of hydrogen-bond donors (Lipinski definition) is 1. The van der Waals surface area contributed by atoms with E-state index in [-0.39, 0.29) is 11.4 Å². The topological polar surface area (TPSA) is 95.9 Å². The quantitative estimate of drug-likeness (QED) is 0.595. The molecule has 2 aliphatic rings. The number of hydrazone groups is 1. The second-order valence-electron chi connectivity index (χ2n) is 7.53. The lowest BCUT2D eigenvalue weighted by atomic mass is 10.1. The van der Waals surface area contributed by atoms with Crippen molar-refractivity contribution in [3.8, 4) is 11.4 Å². The molecule has 2 aromatic heterocycles. The zero-order chi connectivity index (χ0) is 23.1. The van der Waals surface area contributed by atoms with Gasteiger partial charge in [-0.15, -0.1) is 0 Å². The Morgan fingerprint density at radius 1 is 1.15 bits per heavy atom. The predicted octanol–water partition coefficient (Wildman–Crippen LogP) is 4.17. The van der Waals surface area contributed by atoms with Crippen LogP contribution in [0.15, 0.2) is 70.5 Å². The molecule has 0 fully saturated rings. The number of hydrogen-bond acceptors (Lipinski definition) is 6. The predicted molar refractivity (Wildman–Crippen MR) is 130 cm³/mol. The summed E-state index contributed by atoms with van der Waals surface area (Å²) in [4.78, 5) is 21.1. The first-order chi connectivity index (χ1) is 16.0. The number of aromatic nitrogens is 2. The summed E-state index contributed by atoms with van der Waals surface area (Å²) >= 11 is 1.26. The molecule has 1 amide bonds. The maximum Gasteiger partial charge on any atom is 0.283 e. The van der Waals surface area contributed by atoms with E-state index in [1.54, 1.807) is 25.6 Å². The molecule has 164 valence electrons. The molecule has 1 aromatic carbocycles. The summed E-state index contributed by atoms with van der Waals surface area (Å²) in [7, 11) is 1.64. The normalized spacial score (nSPS) is 16.7. The average molecular weight is 457 g/mol. The van der Waals surface area contributed by atoms with Crippen LogP contribution in [-0.2, 0) is 4.79 Å². The molecular weight excluding hydrogens is 436 g/mol. The van der Waals surface area contributed by atoms with Crippen molar-refractivity contribution in [2.45, 2.75) is 13.8 Å². The molecule has 4 heterocycles. The maximum atomic E-state index is 12.8. The van der Waals surface area contributed by atoms with Crippen LogP contribution in [0.3, 0.4) is 0 Å². The Labute approximate surface area is 194 Å². The van der Waals surface area contributed by atoms with Gasteiger partial charge in [0.25, 0.3) is 5.91 Å². The van der Waals surface area contributed by atoms with Crippen molar-refractivity contribution in [3.05, 3.63) is 82.9 Å². The van der Waals surface area contributed by atoms with Crippen molar-refractivity contribution in [3.63, 3.8) is 0 Å². The highest BCUT2D eigenvalue weighted by Crippen LogP contribution is 2.31. The van der Waals surface area contributed by atoms with Gasteiger partial charge in [0.05, 0.1) is 12.7 Å². The monoisotopic (exact) mass is 456 g/mol. The van der Waals surface area contributed by atoms with Crippen LogP contribution in [0.1, 0.15) is 22.5 Å². The number of benzene rings is 1. The second kappa shape index (κ2) is 8.18. The van der Waals surface area contributed by atoms with Gasteiger partial charge in [-0.1, -0.05) is 0 Å². The van der Waals surface area contributed by atoms with Gasteiger partial charge in [-0.05, 0) is 79.7 Å². The summed E-state index contributed by atoms with van der Waals surface area (Å²) in [5, 5.41) is 15.6. The van der Waals surface area contributed by atoms with Gasteiger partial charge in [0, 0.05) is 35.0 Å². The average Bonchev–Trinajstić information content (AvgIpc) is 3.38. The molecule has 2 aliphatic heterocycles. The number of ether oxygens (including phenoxy) is 1. The van der Waals surface area contributed by atoms with Gasteiger partial charge in [-0.25, -0.2) is 0 Å². The largest absolute Gasteiger partial charge is 0.497 e. The number of aryl methyl sites for hydroxylation is 1. The van der Waals surface area contributed by atoms with E-state index in [0.29, 0.717) is 10.2 Å². The number of nitrogens with one attached hydrogen (secondary N) is 1. The Hall–Kier alpha value is -3.98. The standard InChI is InChI=1S/C24H20N6O2S/c1-14-11-17(15(2)29(14)18-6-8-19(32-3)9-7-18)12-20-21(25)30-24(27-22(20)31)33-23(28-30)16-5-4-10-26-13-16/h4-13,25H,1-3H3. The summed E-state index contributed by atoms with van der Waals surface area (Å²) in [6.45, 7) is 3.99. The number of carbonyl (C=O) groups is 1. The van der Waals surface area contributed by atoms with Crippen LogP contribution in [0.2, 0.25) is 0 Å². The zero-order valence-electron chi connectivity index (χ0n) is 18.2. The number of amidine groups is 2. The van der Waals surface area contributed by atoms with Gasteiger partial charge in [-0.3, -0.25) is 15.2 Å². The molecule has 0 radical (unpaired) electrons. The lowest BCUT2D eigenvalue weighted by molar-refractivity contribution is -0.114. The third-order valence-electron chi connectivity index (χ3n) is 5.46. The highest BCUT2D eigenvalue weighted by molar-refractivity contribution is 8.27. The first-order valence-electron chi connectivity index (χ1n) is 10.2. The Morgan fingerprint density at radius 2 is 1.94 bits per heavy atom. The number of fused-ring (bicyclic) bond motifs is 1. The van der Waals surface area contributed by atoms with Crippen LogP contribution < -0.4 is 4.74 Å². The van der Waals surface area contributed by atoms with Gasteiger partial charge < -0.3 is 9.30 Å². The number of nitrogens with zero attached hydrogens (tertiary/aromatic N) is 5. The van der Waals surface area contributed by atoms with Crippen molar-refractivity contribution in [2.75, 3.05) is 7.11 Å². The Kier molecular flexibility index (Phi) is 5.18. The van der Waals surface area contributed by atoms with Gasteiger partial charge >= 0.3 is 0 Å². The lowest BCUT2D eigenvalue weighted by Crippen LogP contribution is -2.35. The number of rotatable bonds is 4. The minimum absolute atomic E-state index is 0.00522. The fourth-order valence-corrected chi connectivity index (χ4v) is 4.70. The number of carbonyl (C=O) groups excluding carboxylic acids is 1. The first-order valence-corrected chi connectivity index (χ1v) is 11.0. The second-order valence-corrected chi connectivity index (χ2v) is 8.48. The number of methoxy groups -OCH3 is 1. The zero-order valence-corrected chi connectivity index (χ0v) is 19.1. The molecule has 0 unspecified atom stereocenters. The number of thioether (sulfide) groups is 1. The molecule has 0 atom stereocenters. The van der Waals surface area contributed by atoms with Crippen molar-refractivity contribution in [1.82, 2.24) is 14.6 Å². The summed E-state index contributed by atoms with van der Waals surface area (Å²) in [5.74, 6) is 0.342. The van der Waals surface area contributed by atoms with E-state index in [1.807, 2.05) is 56.3 Å². The van der Waals surface area contributed by atoms with E-state index in [0.717, 1.165) is 34.0 Å². The number of pyridine rings is 1. The van der Waals surface area contributed by atoms with E-state index >= 15 is 0 Å². The van der Waals surface area contributed by atoms with Crippen LogP contribution in [0.4, 0.5) is 0 Å². The number of aliphatic imine (C=N–C) groups is 1. The summed E-state index contributed by atoms with van der Waals surface area (Å²) in [5.41, 5.74) is 4.81. The molecule has 0 saturated heterocycles. The van der Waals surface area contributed by atoms with Gasteiger partial charge in [-0.2, -0.15) is 15.1 Å². The van der Waals surface area contributed by atoms with Crippen molar-refractivity contribution in [2.24, 2.45) is 10.1 Å². The van der Waals surface area contributed by atoms with Crippen molar-refractivity contribution >= 4 is 39.8 Å². The molecular formula is C24H20N6O2S. The smallest absolute Gasteiger partial charge is 0.283 e. The first kappa shape index (κ1) is 20.9.